The number of benzene rings is 3. The molecule has 0 bridgehead atoms. The summed E-state index contributed by atoms with van der Waals surface area (Å²) in [4.78, 5) is 29.5. The predicted octanol–water partition coefficient (Wildman–Crippen LogP) is 6.52. The molecule has 2 amide bonds. The standard InChI is InChI=1S/C29H32ClFN2O2S/c1-21(2)32-29(35)27(19-22-9-4-3-5-10-22)33(20-23-11-6-7-12-26(23)31)28(34)13-8-18-36-25-16-14-24(30)15-17-25/h3-7,9-12,14-17,21,27H,8,13,18-20H2,1-2H3,(H,32,35)/t27-/m1/s1. The van der Waals surface area contributed by atoms with Crippen LogP contribution in [0.25, 0.3) is 0 Å². The van der Waals surface area contributed by atoms with Crippen LogP contribution in [0.3, 0.4) is 0 Å². The molecule has 0 aliphatic carbocycles. The van der Waals surface area contributed by atoms with Gasteiger partial charge in [0.1, 0.15) is 11.9 Å². The Morgan fingerprint density at radius 2 is 1.64 bits per heavy atom. The Morgan fingerprint density at radius 3 is 2.31 bits per heavy atom. The fraction of sp³-hybridized carbons (Fsp3) is 0.310. The molecule has 190 valence electrons. The first-order valence-corrected chi connectivity index (χ1v) is 13.5. The maximum Gasteiger partial charge on any atom is 0.243 e. The molecule has 0 radical (unpaired) electrons. The molecule has 0 aliphatic rings. The van der Waals surface area contributed by atoms with Gasteiger partial charge in [0.25, 0.3) is 0 Å². The molecule has 0 heterocycles. The number of carbonyl (C=O) groups excluding carboxylic acids is 2. The normalized spacial score (nSPS) is 11.8. The number of amides is 2. The van der Waals surface area contributed by atoms with Gasteiger partial charge in [-0.1, -0.05) is 60.1 Å². The number of nitrogens with one attached hydrogen (secondary N) is 1. The Morgan fingerprint density at radius 1 is 0.972 bits per heavy atom. The first-order valence-electron chi connectivity index (χ1n) is 12.1. The van der Waals surface area contributed by atoms with Gasteiger partial charge in [-0.2, -0.15) is 0 Å². The first kappa shape index (κ1) is 27.8. The molecule has 0 unspecified atom stereocenters. The highest BCUT2D eigenvalue weighted by molar-refractivity contribution is 7.99. The van der Waals surface area contributed by atoms with Crippen LogP contribution in [0.4, 0.5) is 4.39 Å². The lowest BCUT2D eigenvalue weighted by Crippen LogP contribution is -2.51. The van der Waals surface area contributed by atoms with Gasteiger partial charge in [-0.15, -0.1) is 11.8 Å². The van der Waals surface area contributed by atoms with Gasteiger partial charge < -0.3 is 10.2 Å². The third-order valence-electron chi connectivity index (χ3n) is 5.62. The van der Waals surface area contributed by atoms with Crippen molar-refractivity contribution in [2.75, 3.05) is 5.75 Å². The van der Waals surface area contributed by atoms with Crippen LogP contribution in [0.15, 0.2) is 83.8 Å². The van der Waals surface area contributed by atoms with Gasteiger partial charge in [0.2, 0.25) is 11.8 Å². The van der Waals surface area contributed by atoms with E-state index in [2.05, 4.69) is 5.32 Å². The molecular formula is C29H32ClFN2O2S. The SMILES string of the molecule is CC(C)NC(=O)[C@@H](Cc1ccccc1)N(Cc1ccccc1F)C(=O)CCCSc1ccc(Cl)cc1. The van der Waals surface area contributed by atoms with Crippen molar-refractivity contribution in [3.8, 4) is 0 Å². The molecule has 0 saturated carbocycles. The topological polar surface area (TPSA) is 49.4 Å². The van der Waals surface area contributed by atoms with Crippen molar-refractivity contribution in [2.24, 2.45) is 0 Å². The molecule has 7 heteroatoms. The summed E-state index contributed by atoms with van der Waals surface area (Å²) in [6.45, 7) is 3.79. The zero-order chi connectivity index (χ0) is 25.9. The molecule has 4 nitrogen and oxygen atoms in total. The van der Waals surface area contributed by atoms with Gasteiger partial charge in [-0.25, -0.2) is 4.39 Å². The smallest absolute Gasteiger partial charge is 0.243 e. The molecule has 3 aromatic carbocycles. The van der Waals surface area contributed by atoms with Crippen LogP contribution in [-0.4, -0.2) is 34.6 Å². The quantitative estimate of drug-likeness (QED) is 0.216. The number of nitrogens with zero attached hydrogens (tertiary/aromatic N) is 1. The van der Waals surface area contributed by atoms with Gasteiger partial charge in [0.05, 0.1) is 0 Å². The van der Waals surface area contributed by atoms with E-state index in [0.717, 1.165) is 16.2 Å². The van der Waals surface area contributed by atoms with Crippen LogP contribution in [-0.2, 0) is 22.6 Å². The summed E-state index contributed by atoms with van der Waals surface area (Å²) in [7, 11) is 0. The highest BCUT2D eigenvalue weighted by Crippen LogP contribution is 2.23. The number of halogens is 2. The minimum Gasteiger partial charge on any atom is -0.352 e. The first-order chi connectivity index (χ1) is 17.3. The number of carbonyl (C=O) groups is 2. The Labute approximate surface area is 222 Å². The van der Waals surface area contributed by atoms with Crippen molar-refractivity contribution in [3.63, 3.8) is 0 Å². The Bertz CT molecular complexity index is 1130. The van der Waals surface area contributed by atoms with Gasteiger partial charge in [-0.05, 0) is 61.9 Å². The molecule has 3 aromatic rings. The number of hydrogen-bond acceptors (Lipinski definition) is 3. The fourth-order valence-electron chi connectivity index (χ4n) is 3.83. The van der Waals surface area contributed by atoms with Gasteiger partial charge in [0.15, 0.2) is 0 Å². The van der Waals surface area contributed by atoms with E-state index in [1.807, 2.05) is 68.4 Å². The molecule has 1 atom stereocenters. The van der Waals surface area contributed by atoms with Crippen molar-refractivity contribution >= 4 is 35.2 Å². The second kappa shape index (κ2) is 14.0. The lowest BCUT2D eigenvalue weighted by Gasteiger charge is -2.32. The zero-order valence-corrected chi connectivity index (χ0v) is 22.2. The summed E-state index contributed by atoms with van der Waals surface area (Å²) in [5, 5.41) is 3.63. The number of thioether (sulfide) groups is 1. The lowest BCUT2D eigenvalue weighted by atomic mass is 10.0. The predicted molar refractivity (Wildman–Crippen MR) is 146 cm³/mol. The summed E-state index contributed by atoms with van der Waals surface area (Å²) < 4.78 is 14.6. The van der Waals surface area contributed by atoms with Crippen LogP contribution in [0.1, 0.15) is 37.8 Å². The second-order valence-corrected chi connectivity index (χ2v) is 10.5. The van der Waals surface area contributed by atoms with Crippen LogP contribution >= 0.6 is 23.4 Å². The van der Waals surface area contributed by atoms with Crippen LogP contribution in [0.5, 0.6) is 0 Å². The number of hydrogen-bond donors (Lipinski definition) is 1. The average Bonchev–Trinajstić information content (AvgIpc) is 2.86. The van der Waals surface area contributed by atoms with Crippen LogP contribution in [0, 0.1) is 5.82 Å². The van der Waals surface area contributed by atoms with Crippen molar-refractivity contribution in [1.29, 1.82) is 0 Å². The highest BCUT2D eigenvalue weighted by Gasteiger charge is 2.31. The van der Waals surface area contributed by atoms with Gasteiger partial charge in [-0.3, -0.25) is 9.59 Å². The molecule has 36 heavy (non-hydrogen) atoms. The molecule has 0 aromatic heterocycles. The fourth-order valence-corrected chi connectivity index (χ4v) is 4.81. The van der Waals surface area contributed by atoms with Crippen molar-refractivity contribution in [1.82, 2.24) is 10.2 Å². The minimum absolute atomic E-state index is 0.0266. The van der Waals surface area contributed by atoms with Crippen LogP contribution in [0.2, 0.25) is 5.02 Å². The van der Waals surface area contributed by atoms with E-state index in [4.69, 9.17) is 11.6 Å². The highest BCUT2D eigenvalue weighted by atomic mass is 35.5. The molecule has 0 spiro atoms. The molecule has 3 rings (SSSR count). The van der Waals surface area contributed by atoms with E-state index in [1.165, 1.54) is 11.0 Å². The summed E-state index contributed by atoms with van der Waals surface area (Å²) in [5.41, 5.74) is 1.32. The summed E-state index contributed by atoms with van der Waals surface area (Å²) in [6.07, 6.45) is 1.23. The Balaban J connectivity index is 1.79. The third-order valence-corrected chi connectivity index (χ3v) is 6.97. The molecule has 0 saturated heterocycles. The lowest BCUT2D eigenvalue weighted by molar-refractivity contribution is -0.141. The van der Waals surface area contributed by atoms with Gasteiger partial charge in [0, 0.05) is 40.9 Å². The molecule has 0 fully saturated rings. The van der Waals surface area contributed by atoms with E-state index in [1.54, 1.807) is 30.0 Å². The summed E-state index contributed by atoms with van der Waals surface area (Å²) in [6, 6.07) is 22.7. The number of rotatable bonds is 12. The zero-order valence-electron chi connectivity index (χ0n) is 20.6. The summed E-state index contributed by atoms with van der Waals surface area (Å²) >= 11 is 7.60. The molecular weight excluding hydrogens is 495 g/mol. The largest absolute Gasteiger partial charge is 0.352 e. The molecule has 0 aliphatic heterocycles. The van der Waals surface area contributed by atoms with E-state index in [9.17, 15) is 14.0 Å². The second-order valence-electron chi connectivity index (χ2n) is 8.89. The maximum absolute atomic E-state index is 14.6. The van der Waals surface area contributed by atoms with Crippen molar-refractivity contribution < 1.29 is 14.0 Å². The Kier molecular flexibility index (Phi) is 10.8. The Hall–Kier alpha value is -2.83. The van der Waals surface area contributed by atoms with Crippen molar-refractivity contribution in [2.45, 2.75) is 56.6 Å². The van der Waals surface area contributed by atoms with E-state index >= 15 is 0 Å². The van der Waals surface area contributed by atoms with Crippen LogP contribution < -0.4 is 5.32 Å². The van der Waals surface area contributed by atoms with E-state index in [0.29, 0.717) is 23.4 Å². The third kappa shape index (κ3) is 8.68. The van der Waals surface area contributed by atoms with Gasteiger partial charge >= 0.3 is 0 Å². The maximum atomic E-state index is 14.6. The molecule has 1 N–H and O–H groups in total. The summed E-state index contributed by atoms with van der Waals surface area (Å²) in [5.74, 6) is -0.0668. The van der Waals surface area contributed by atoms with E-state index in [-0.39, 0.29) is 30.8 Å². The van der Waals surface area contributed by atoms with E-state index < -0.39 is 11.9 Å². The monoisotopic (exact) mass is 526 g/mol. The van der Waals surface area contributed by atoms with Crippen molar-refractivity contribution in [3.05, 3.63) is 101 Å². The minimum atomic E-state index is -0.758. The average molecular weight is 527 g/mol.